The molecule has 5 rings (SSSR count). The van der Waals surface area contributed by atoms with Gasteiger partial charge < -0.3 is 14.4 Å². The number of benzene rings is 2. The van der Waals surface area contributed by atoms with Crippen LogP contribution in [0.5, 0.6) is 0 Å². The van der Waals surface area contributed by atoms with Crippen LogP contribution in [0.4, 0.5) is 8.78 Å². The molecule has 0 aliphatic carbocycles. The fourth-order valence-electron chi connectivity index (χ4n) is 4.47. The van der Waals surface area contributed by atoms with Crippen molar-refractivity contribution in [2.75, 3.05) is 19.6 Å². The van der Waals surface area contributed by atoms with Crippen molar-refractivity contribution >= 4 is 0 Å². The van der Waals surface area contributed by atoms with Gasteiger partial charge in [-0.1, -0.05) is 24.3 Å². The van der Waals surface area contributed by atoms with Gasteiger partial charge in [0.25, 0.3) is 0 Å². The first-order valence-electron chi connectivity index (χ1n) is 11.1. The molecule has 1 saturated heterocycles. The van der Waals surface area contributed by atoms with E-state index in [2.05, 4.69) is 25.2 Å². The summed E-state index contributed by atoms with van der Waals surface area (Å²) in [5.41, 5.74) is -0.724. The van der Waals surface area contributed by atoms with Crippen LogP contribution < -0.4 is 0 Å². The second-order valence-corrected chi connectivity index (χ2v) is 8.61. The summed E-state index contributed by atoms with van der Waals surface area (Å²) in [5, 5.41) is 24.0. The van der Waals surface area contributed by atoms with E-state index in [4.69, 9.17) is 4.42 Å². The summed E-state index contributed by atoms with van der Waals surface area (Å²) in [7, 11) is 0. The van der Waals surface area contributed by atoms with Crippen LogP contribution in [0.25, 0.3) is 11.5 Å². The van der Waals surface area contributed by atoms with Crippen LogP contribution in [0.2, 0.25) is 0 Å². The van der Waals surface area contributed by atoms with Crippen LogP contribution in [0.3, 0.4) is 0 Å². The van der Waals surface area contributed by atoms with Crippen molar-refractivity contribution in [1.29, 1.82) is 0 Å². The molecule has 1 aliphatic heterocycles. The zero-order chi connectivity index (χ0) is 23.5. The molecular weight excluding hydrogens is 442 g/mol. The molecule has 176 valence electrons. The number of piperidine rings is 1. The van der Waals surface area contributed by atoms with Gasteiger partial charge in [-0.05, 0) is 44.1 Å². The average molecular weight is 466 g/mol. The van der Waals surface area contributed by atoms with Gasteiger partial charge in [-0.2, -0.15) is 5.10 Å². The molecule has 0 spiro atoms. The quantitative estimate of drug-likeness (QED) is 0.446. The molecule has 1 aliphatic rings. The lowest BCUT2D eigenvalue weighted by Crippen LogP contribution is -2.47. The van der Waals surface area contributed by atoms with E-state index in [1.54, 1.807) is 0 Å². The fraction of sp³-hybridized carbons (Fsp3) is 0.333. The van der Waals surface area contributed by atoms with Gasteiger partial charge in [0.05, 0.1) is 6.54 Å². The van der Waals surface area contributed by atoms with Gasteiger partial charge in [0.2, 0.25) is 11.8 Å². The van der Waals surface area contributed by atoms with E-state index in [9.17, 15) is 13.9 Å². The van der Waals surface area contributed by atoms with Crippen molar-refractivity contribution in [3.05, 3.63) is 84.3 Å². The number of hydrogen-bond donors (Lipinski definition) is 1. The summed E-state index contributed by atoms with van der Waals surface area (Å²) in [6.07, 6.45) is 4.31. The summed E-state index contributed by atoms with van der Waals surface area (Å²) >= 11 is 0. The normalized spacial score (nSPS) is 17.0. The van der Waals surface area contributed by atoms with Crippen LogP contribution in [0.1, 0.15) is 30.2 Å². The van der Waals surface area contributed by atoms with Crippen molar-refractivity contribution in [2.45, 2.75) is 30.9 Å². The molecule has 1 fully saturated rings. The number of halogens is 2. The van der Waals surface area contributed by atoms with Crippen LogP contribution in [-0.4, -0.2) is 54.6 Å². The van der Waals surface area contributed by atoms with Crippen LogP contribution in [0, 0.1) is 11.6 Å². The molecule has 1 unspecified atom stereocenters. The lowest BCUT2D eigenvalue weighted by Gasteiger charge is -2.37. The number of likely N-dealkylation sites (tertiary alicyclic amines) is 1. The number of β-amino-alcohol motifs (C(OH)–C–C–N with tert-alkyl or cyclic N) is 1. The SMILES string of the molecule is OC(CN1CCC(c2nnc(-c3ccccc3)o2)CC1)(Cn1cncn1)c1ccc(F)cc1F. The summed E-state index contributed by atoms with van der Waals surface area (Å²) in [6, 6.07) is 12.8. The van der Waals surface area contributed by atoms with Crippen molar-refractivity contribution in [3.63, 3.8) is 0 Å². The minimum atomic E-state index is -1.62. The molecule has 34 heavy (non-hydrogen) atoms. The molecule has 8 nitrogen and oxygen atoms in total. The van der Waals surface area contributed by atoms with Crippen LogP contribution in [-0.2, 0) is 12.1 Å². The minimum Gasteiger partial charge on any atom is -0.420 e. The molecular formula is C24H24F2N6O2. The van der Waals surface area contributed by atoms with Gasteiger partial charge in [0, 0.05) is 29.7 Å². The first-order chi connectivity index (χ1) is 16.5. The summed E-state index contributed by atoms with van der Waals surface area (Å²) in [6.45, 7) is 1.44. The molecule has 0 amide bonds. The second kappa shape index (κ2) is 9.40. The smallest absolute Gasteiger partial charge is 0.247 e. The van der Waals surface area contributed by atoms with Crippen molar-refractivity contribution < 1.29 is 18.3 Å². The van der Waals surface area contributed by atoms with Gasteiger partial charge in [-0.3, -0.25) is 0 Å². The third-order valence-electron chi connectivity index (χ3n) is 6.21. The van der Waals surface area contributed by atoms with E-state index in [1.165, 1.54) is 23.4 Å². The first-order valence-corrected chi connectivity index (χ1v) is 11.1. The Hall–Kier alpha value is -3.50. The Morgan fingerprint density at radius 3 is 2.53 bits per heavy atom. The van der Waals surface area contributed by atoms with E-state index in [0.29, 0.717) is 24.9 Å². The Morgan fingerprint density at radius 1 is 1.03 bits per heavy atom. The molecule has 0 radical (unpaired) electrons. The van der Waals surface area contributed by atoms with Gasteiger partial charge in [0.1, 0.15) is 29.9 Å². The Balaban J connectivity index is 1.29. The molecule has 0 bridgehead atoms. The highest BCUT2D eigenvalue weighted by Crippen LogP contribution is 2.33. The highest BCUT2D eigenvalue weighted by atomic mass is 19.1. The fourth-order valence-corrected chi connectivity index (χ4v) is 4.47. The highest BCUT2D eigenvalue weighted by molar-refractivity contribution is 5.51. The summed E-state index contributed by atoms with van der Waals surface area (Å²) < 4.78 is 35.5. The highest BCUT2D eigenvalue weighted by Gasteiger charge is 2.37. The van der Waals surface area contributed by atoms with Crippen molar-refractivity contribution in [1.82, 2.24) is 29.9 Å². The molecule has 0 saturated carbocycles. The van der Waals surface area contributed by atoms with E-state index >= 15 is 0 Å². The number of rotatable bonds is 7. The lowest BCUT2D eigenvalue weighted by molar-refractivity contribution is -0.0270. The van der Waals surface area contributed by atoms with Crippen LogP contribution >= 0.6 is 0 Å². The topological polar surface area (TPSA) is 93.1 Å². The van der Waals surface area contributed by atoms with Crippen LogP contribution in [0.15, 0.2) is 65.6 Å². The van der Waals surface area contributed by atoms with E-state index < -0.39 is 17.2 Å². The first kappa shape index (κ1) is 22.3. The van der Waals surface area contributed by atoms with Crippen molar-refractivity contribution in [3.8, 4) is 11.5 Å². The van der Waals surface area contributed by atoms with Crippen molar-refractivity contribution in [2.24, 2.45) is 0 Å². The average Bonchev–Trinajstić information content (AvgIpc) is 3.52. The standard InChI is InChI=1S/C24H24F2N6O2/c25-19-6-7-20(21(26)12-19)24(33,14-32-16-27-15-28-32)13-31-10-8-18(9-11-31)23-30-29-22(34-23)17-4-2-1-3-5-17/h1-7,12,15-16,18,33H,8-11,13-14H2. The predicted octanol–water partition coefficient (Wildman–Crippen LogP) is 3.37. The molecule has 2 aromatic carbocycles. The molecule has 2 aromatic heterocycles. The Labute approximate surface area is 194 Å². The maximum atomic E-state index is 14.7. The monoisotopic (exact) mass is 466 g/mol. The maximum absolute atomic E-state index is 14.7. The molecule has 1 atom stereocenters. The van der Waals surface area contributed by atoms with Gasteiger partial charge in [0.15, 0.2) is 0 Å². The zero-order valence-corrected chi connectivity index (χ0v) is 18.4. The van der Waals surface area contributed by atoms with Gasteiger partial charge >= 0.3 is 0 Å². The Morgan fingerprint density at radius 2 is 1.82 bits per heavy atom. The lowest BCUT2D eigenvalue weighted by atomic mass is 9.90. The zero-order valence-electron chi connectivity index (χ0n) is 18.4. The summed E-state index contributed by atoms with van der Waals surface area (Å²) in [5.74, 6) is -0.295. The Bertz CT molecular complexity index is 1230. The molecule has 1 N–H and O–H groups in total. The third kappa shape index (κ3) is 4.73. The second-order valence-electron chi connectivity index (χ2n) is 8.61. The summed E-state index contributed by atoms with van der Waals surface area (Å²) in [4.78, 5) is 5.96. The number of aliphatic hydroxyl groups is 1. The van der Waals surface area contributed by atoms with Gasteiger partial charge in [-0.15, -0.1) is 10.2 Å². The molecule has 10 heteroatoms. The number of nitrogens with zero attached hydrogens (tertiary/aromatic N) is 6. The maximum Gasteiger partial charge on any atom is 0.247 e. The van der Waals surface area contributed by atoms with E-state index in [0.717, 1.165) is 30.5 Å². The van der Waals surface area contributed by atoms with E-state index in [-0.39, 0.29) is 24.6 Å². The number of aromatic nitrogens is 5. The molecule has 4 aromatic rings. The van der Waals surface area contributed by atoms with Gasteiger partial charge in [-0.25, -0.2) is 18.4 Å². The minimum absolute atomic E-state index is 0.0143. The van der Waals surface area contributed by atoms with E-state index in [1.807, 2.05) is 30.3 Å². The Kier molecular flexibility index (Phi) is 6.16. The largest absolute Gasteiger partial charge is 0.420 e. The number of hydrogen-bond acceptors (Lipinski definition) is 7. The molecule has 3 heterocycles. The predicted molar refractivity (Wildman–Crippen MR) is 118 cm³/mol. The third-order valence-corrected chi connectivity index (χ3v) is 6.21.